The van der Waals surface area contributed by atoms with Crippen molar-refractivity contribution in [3.63, 3.8) is 0 Å². The van der Waals surface area contributed by atoms with Crippen molar-refractivity contribution in [2.75, 3.05) is 4.72 Å². The monoisotopic (exact) mass is 459 g/mol. The highest BCUT2D eigenvalue weighted by Crippen LogP contribution is 2.34. The fourth-order valence-corrected chi connectivity index (χ4v) is 5.05. The minimum atomic E-state index is -3.94. The molecule has 0 spiro atoms. The van der Waals surface area contributed by atoms with Crippen LogP contribution < -0.4 is 10.5 Å². The van der Waals surface area contributed by atoms with Gasteiger partial charge in [0.2, 0.25) is 0 Å². The number of nitrogens with two attached hydrogens (primary N) is 1. The highest BCUT2D eigenvalue weighted by atomic mass is 35.5. The van der Waals surface area contributed by atoms with Gasteiger partial charge in [-0.15, -0.1) is 0 Å². The summed E-state index contributed by atoms with van der Waals surface area (Å²) in [5.41, 5.74) is 8.30. The van der Waals surface area contributed by atoms with E-state index in [0.29, 0.717) is 16.8 Å². The number of amides is 1. The minimum absolute atomic E-state index is 0.0480. The fourth-order valence-electron chi connectivity index (χ4n) is 3.23. The Hall–Kier alpha value is -3.00. The molecule has 0 aliphatic rings. The van der Waals surface area contributed by atoms with Crippen LogP contribution in [-0.2, 0) is 10.0 Å². The van der Waals surface area contributed by atoms with Crippen LogP contribution in [0.25, 0.3) is 22.0 Å². The molecule has 1 heterocycles. The van der Waals surface area contributed by atoms with Gasteiger partial charge in [0.1, 0.15) is 10.6 Å². The molecule has 0 unspecified atom stereocenters. The number of halogens is 2. The topological polar surface area (TPSA) is 105 Å². The van der Waals surface area contributed by atoms with Crippen LogP contribution >= 0.6 is 23.2 Å². The lowest BCUT2D eigenvalue weighted by molar-refractivity contribution is 0.0997. The minimum Gasteiger partial charge on any atom is -0.364 e. The van der Waals surface area contributed by atoms with Crippen LogP contribution in [-0.4, -0.2) is 19.3 Å². The number of fused-ring (bicyclic) bond motifs is 1. The number of anilines is 1. The van der Waals surface area contributed by atoms with Crippen molar-refractivity contribution >= 4 is 55.7 Å². The van der Waals surface area contributed by atoms with E-state index < -0.39 is 15.9 Å². The summed E-state index contributed by atoms with van der Waals surface area (Å²) in [6.45, 7) is 0. The van der Waals surface area contributed by atoms with Crippen LogP contribution in [0.2, 0.25) is 10.0 Å². The van der Waals surface area contributed by atoms with Crippen LogP contribution in [0.3, 0.4) is 0 Å². The SMILES string of the molecule is NC(=O)c1[nH]c2ccccc2c1-c1ccc(NS(=O)(=O)c2cccc(Cl)c2Cl)cc1. The summed E-state index contributed by atoms with van der Waals surface area (Å²) < 4.78 is 27.9. The second kappa shape index (κ2) is 7.68. The highest BCUT2D eigenvalue weighted by molar-refractivity contribution is 7.92. The summed E-state index contributed by atoms with van der Waals surface area (Å²) in [7, 11) is -3.94. The van der Waals surface area contributed by atoms with E-state index in [9.17, 15) is 13.2 Å². The first-order valence-corrected chi connectivity index (χ1v) is 11.0. The van der Waals surface area contributed by atoms with Gasteiger partial charge < -0.3 is 10.7 Å². The van der Waals surface area contributed by atoms with Crippen LogP contribution in [0, 0.1) is 0 Å². The Morgan fingerprint density at radius 3 is 2.33 bits per heavy atom. The van der Waals surface area contributed by atoms with E-state index in [1.165, 1.54) is 18.2 Å². The molecule has 0 saturated carbocycles. The van der Waals surface area contributed by atoms with Crippen LogP contribution in [0.5, 0.6) is 0 Å². The average molecular weight is 460 g/mol. The molecule has 4 aromatic rings. The van der Waals surface area contributed by atoms with Gasteiger partial charge in [-0.3, -0.25) is 9.52 Å². The molecule has 1 amide bonds. The molecule has 152 valence electrons. The third-order valence-corrected chi connectivity index (χ3v) is 6.94. The van der Waals surface area contributed by atoms with Gasteiger partial charge in [-0.25, -0.2) is 8.42 Å². The van der Waals surface area contributed by atoms with Crippen LogP contribution in [0.1, 0.15) is 10.5 Å². The second-order valence-corrected chi connectivity index (χ2v) is 8.96. The van der Waals surface area contributed by atoms with Crippen molar-refractivity contribution < 1.29 is 13.2 Å². The number of H-pyrrole nitrogens is 1. The van der Waals surface area contributed by atoms with Crippen molar-refractivity contribution in [1.29, 1.82) is 0 Å². The third kappa shape index (κ3) is 3.63. The van der Waals surface area contributed by atoms with Crippen LogP contribution in [0.15, 0.2) is 71.6 Å². The Morgan fingerprint density at radius 2 is 1.63 bits per heavy atom. The van der Waals surface area contributed by atoms with Gasteiger partial charge in [0, 0.05) is 22.2 Å². The van der Waals surface area contributed by atoms with Crippen LogP contribution in [0.4, 0.5) is 5.69 Å². The number of aromatic amines is 1. The first kappa shape index (κ1) is 20.3. The summed E-state index contributed by atoms with van der Waals surface area (Å²) in [5, 5.41) is 0.937. The maximum atomic E-state index is 12.7. The number of rotatable bonds is 5. The number of nitrogens with one attached hydrogen (secondary N) is 2. The lowest BCUT2D eigenvalue weighted by Gasteiger charge is -2.11. The molecule has 1 aromatic heterocycles. The zero-order chi connectivity index (χ0) is 21.5. The van der Waals surface area contributed by atoms with E-state index in [1.54, 1.807) is 24.3 Å². The predicted octanol–water partition coefficient (Wildman–Crippen LogP) is 5.04. The normalized spacial score (nSPS) is 11.5. The number of sulfonamides is 1. The zero-order valence-electron chi connectivity index (χ0n) is 15.3. The summed E-state index contributed by atoms with van der Waals surface area (Å²) in [6, 6.07) is 18.4. The number of primary amides is 1. The van der Waals surface area contributed by atoms with Gasteiger partial charge in [-0.2, -0.15) is 0 Å². The van der Waals surface area contributed by atoms with E-state index in [4.69, 9.17) is 28.9 Å². The summed E-state index contributed by atoms with van der Waals surface area (Å²) in [4.78, 5) is 14.8. The number of para-hydroxylation sites is 1. The molecule has 30 heavy (non-hydrogen) atoms. The first-order chi connectivity index (χ1) is 14.3. The van der Waals surface area contributed by atoms with Crippen molar-refractivity contribution in [2.24, 2.45) is 5.73 Å². The van der Waals surface area contributed by atoms with E-state index in [2.05, 4.69) is 9.71 Å². The summed E-state index contributed by atoms with van der Waals surface area (Å²) in [5.74, 6) is -0.582. The zero-order valence-corrected chi connectivity index (χ0v) is 17.6. The number of carbonyl (C=O) groups is 1. The van der Waals surface area contributed by atoms with Gasteiger partial charge >= 0.3 is 0 Å². The Bertz CT molecular complexity index is 1380. The Morgan fingerprint density at radius 1 is 0.933 bits per heavy atom. The summed E-state index contributed by atoms with van der Waals surface area (Å²) in [6.07, 6.45) is 0. The predicted molar refractivity (Wildman–Crippen MR) is 120 cm³/mol. The Labute approximate surface area is 182 Å². The number of benzene rings is 3. The molecule has 4 rings (SSSR count). The lowest BCUT2D eigenvalue weighted by atomic mass is 10.0. The second-order valence-electron chi connectivity index (χ2n) is 6.52. The molecule has 6 nitrogen and oxygen atoms in total. The first-order valence-electron chi connectivity index (χ1n) is 8.76. The molecule has 0 saturated heterocycles. The molecule has 9 heteroatoms. The smallest absolute Gasteiger partial charge is 0.265 e. The molecule has 0 fully saturated rings. The molecule has 0 bridgehead atoms. The Kier molecular flexibility index (Phi) is 5.19. The number of carbonyl (C=O) groups excluding carboxylic acids is 1. The van der Waals surface area contributed by atoms with E-state index in [0.717, 1.165) is 10.9 Å². The Balaban J connectivity index is 1.71. The van der Waals surface area contributed by atoms with E-state index in [-0.39, 0.29) is 20.6 Å². The fraction of sp³-hybridized carbons (Fsp3) is 0. The van der Waals surface area contributed by atoms with Gasteiger partial charge in [0.05, 0.1) is 10.0 Å². The van der Waals surface area contributed by atoms with Crippen molar-refractivity contribution in [1.82, 2.24) is 4.98 Å². The molecule has 0 radical (unpaired) electrons. The standard InChI is InChI=1S/C21H15Cl2N3O3S/c22-15-5-3-7-17(19(15)23)30(28,29)26-13-10-8-12(9-11-13)18-14-4-1-2-6-16(14)25-20(18)21(24)27/h1-11,25-26H,(H2,24,27). The molecule has 0 aliphatic heterocycles. The number of hydrogen-bond donors (Lipinski definition) is 3. The largest absolute Gasteiger partial charge is 0.364 e. The van der Waals surface area contributed by atoms with Gasteiger partial charge in [-0.1, -0.05) is 59.6 Å². The highest BCUT2D eigenvalue weighted by Gasteiger charge is 2.20. The molecule has 0 atom stereocenters. The summed E-state index contributed by atoms with van der Waals surface area (Å²) >= 11 is 12.0. The maximum Gasteiger partial charge on any atom is 0.265 e. The molecule has 3 aromatic carbocycles. The average Bonchev–Trinajstić information content (AvgIpc) is 3.10. The number of aromatic nitrogens is 1. The van der Waals surface area contributed by atoms with Crippen molar-refractivity contribution in [3.05, 3.63) is 82.5 Å². The molecular formula is C21H15Cl2N3O3S. The van der Waals surface area contributed by atoms with E-state index >= 15 is 0 Å². The molecule has 0 aliphatic carbocycles. The van der Waals surface area contributed by atoms with Crippen molar-refractivity contribution in [3.8, 4) is 11.1 Å². The van der Waals surface area contributed by atoms with Gasteiger partial charge in [0.25, 0.3) is 15.9 Å². The van der Waals surface area contributed by atoms with Gasteiger partial charge in [-0.05, 0) is 35.9 Å². The molecule has 4 N–H and O–H groups in total. The van der Waals surface area contributed by atoms with E-state index in [1.807, 2.05) is 24.3 Å². The quantitative estimate of drug-likeness (QED) is 0.389. The van der Waals surface area contributed by atoms with Crippen molar-refractivity contribution in [2.45, 2.75) is 4.90 Å². The van der Waals surface area contributed by atoms with Gasteiger partial charge in [0.15, 0.2) is 0 Å². The molecular weight excluding hydrogens is 445 g/mol. The number of hydrogen-bond acceptors (Lipinski definition) is 3. The third-order valence-electron chi connectivity index (χ3n) is 4.58. The lowest BCUT2D eigenvalue weighted by Crippen LogP contribution is -2.13. The maximum absolute atomic E-state index is 12.7.